The molecule has 27 heavy (non-hydrogen) atoms. The highest BCUT2D eigenvalue weighted by atomic mass is 32.2. The molecule has 1 aliphatic heterocycles. The van der Waals surface area contributed by atoms with Crippen molar-refractivity contribution in [1.29, 1.82) is 5.26 Å². The van der Waals surface area contributed by atoms with Crippen molar-refractivity contribution in [2.45, 2.75) is 26.2 Å². The molecule has 138 valence electrons. The Bertz CT molecular complexity index is 880. The van der Waals surface area contributed by atoms with Crippen molar-refractivity contribution in [2.24, 2.45) is 0 Å². The van der Waals surface area contributed by atoms with Gasteiger partial charge in [-0.1, -0.05) is 47.5 Å². The maximum atomic E-state index is 12.2. The minimum absolute atomic E-state index is 0.0541. The molecular weight excluding hydrogens is 356 g/mol. The van der Waals surface area contributed by atoms with Crippen LogP contribution in [0.25, 0.3) is 0 Å². The number of thioether (sulfide) groups is 1. The third-order valence-corrected chi connectivity index (χ3v) is 5.44. The SMILES string of the molecule is Cc1ccc(OCCSC2=C(C#N)[C@@H](c3ccc(C)cc3)CC(=O)N2)cc1. The first-order valence-electron chi connectivity index (χ1n) is 8.90. The first-order valence-corrected chi connectivity index (χ1v) is 9.88. The van der Waals surface area contributed by atoms with Gasteiger partial charge in [-0.15, -0.1) is 11.8 Å². The highest BCUT2D eigenvalue weighted by Gasteiger charge is 2.29. The minimum atomic E-state index is -0.190. The van der Waals surface area contributed by atoms with Gasteiger partial charge in [0, 0.05) is 18.1 Å². The van der Waals surface area contributed by atoms with E-state index >= 15 is 0 Å². The molecule has 1 heterocycles. The maximum absolute atomic E-state index is 12.2. The number of carbonyl (C=O) groups excluding carboxylic acids is 1. The summed E-state index contributed by atoms with van der Waals surface area (Å²) in [6.45, 7) is 4.56. The monoisotopic (exact) mass is 378 g/mol. The van der Waals surface area contributed by atoms with Crippen LogP contribution in [0, 0.1) is 25.2 Å². The van der Waals surface area contributed by atoms with Crippen LogP contribution in [0.1, 0.15) is 29.0 Å². The second-order valence-corrected chi connectivity index (χ2v) is 7.69. The normalized spacial score (nSPS) is 16.6. The van der Waals surface area contributed by atoms with E-state index < -0.39 is 0 Å². The van der Waals surface area contributed by atoms with E-state index in [4.69, 9.17) is 4.74 Å². The molecule has 0 radical (unpaired) electrons. The zero-order chi connectivity index (χ0) is 19.2. The highest BCUT2D eigenvalue weighted by molar-refractivity contribution is 8.03. The van der Waals surface area contributed by atoms with E-state index in [0.717, 1.165) is 16.9 Å². The Morgan fingerprint density at radius 1 is 1.11 bits per heavy atom. The van der Waals surface area contributed by atoms with Gasteiger partial charge in [0.15, 0.2) is 0 Å². The Morgan fingerprint density at radius 3 is 2.37 bits per heavy atom. The Hall–Kier alpha value is -2.71. The van der Waals surface area contributed by atoms with E-state index in [-0.39, 0.29) is 11.8 Å². The van der Waals surface area contributed by atoms with E-state index in [1.807, 2.05) is 62.4 Å². The number of aryl methyl sites for hydroxylation is 2. The molecule has 0 bridgehead atoms. The lowest BCUT2D eigenvalue weighted by Gasteiger charge is -2.25. The number of carbonyl (C=O) groups is 1. The van der Waals surface area contributed by atoms with Crippen LogP contribution in [0.3, 0.4) is 0 Å². The number of benzene rings is 2. The summed E-state index contributed by atoms with van der Waals surface area (Å²) in [6, 6.07) is 18.2. The van der Waals surface area contributed by atoms with Crippen LogP contribution in [0.5, 0.6) is 5.75 Å². The third kappa shape index (κ3) is 4.93. The predicted octanol–water partition coefficient (Wildman–Crippen LogP) is 4.45. The lowest BCUT2D eigenvalue weighted by atomic mass is 9.87. The summed E-state index contributed by atoms with van der Waals surface area (Å²) < 4.78 is 5.73. The Morgan fingerprint density at radius 2 is 1.74 bits per heavy atom. The largest absolute Gasteiger partial charge is 0.493 e. The van der Waals surface area contributed by atoms with Crippen molar-refractivity contribution in [3.8, 4) is 11.8 Å². The number of nitriles is 1. The van der Waals surface area contributed by atoms with Crippen molar-refractivity contribution in [1.82, 2.24) is 5.32 Å². The second-order valence-electron chi connectivity index (χ2n) is 6.58. The highest BCUT2D eigenvalue weighted by Crippen LogP contribution is 2.35. The summed E-state index contributed by atoms with van der Waals surface area (Å²) >= 11 is 1.46. The molecule has 0 aliphatic carbocycles. The average Bonchev–Trinajstić information content (AvgIpc) is 2.67. The van der Waals surface area contributed by atoms with Gasteiger partial charge < -0.3 is 10.1 Å². The molecule has 2 aromatic carbocycles. The number of allylic oxidation sites excluding steroid dienone is 1. The fraction of sp³-hybridized carbons (Fsp3) is 0.273. The van der Waals surface area contributed by atoms with E-state index in [1.165, 1.54) is 17.3 Å². The van der Waals surface area contributed by atoms with Crippen molar-refractivity contribution in [3.05, 3.63) is 75.8 Å². The van der Waals surface area contributed by atoms with Crippen LogP contribution in [-0.2, 0) is 4.79 Å². The number of amides is 1. The summed E-state index contributed by atoms with van der Waals surface area (Å²) in [4.78, 5) is 12.2. The molecule has 1 aliphatic rings. The van der Waals surface area contributed by atoms with Gasteiger partial charge >= 0.3 is 0 Å². The molecule has 0 spiro atoms. The van der Waals surface area contributed by atoms with Crippen LogP contribution in [0.4, 0.5) is 0 Å². The summed E-state index contributed by atoms with van der Waals surface area (Å²) in [5.74, 6) is 1.22. The summed E-state index contributed by atoms with van der Waals surface area (Å²) in [7, 11) is 0. The third-order valence-electron chi connectivity index (χ3n) is 4.46. The van der Waals surface area contributed by atoms with Crippen molar-refractivity contribution < 1.29 is 9.53 Å². The van der Waals surface area contributed by atoms with Crippen LogP contribution in [-0.4, -0.2) is 18.3 Å². The average molecular weight is 378 g/mol. The minimum Gasteiger partial charge on any atom is -0.493 e. The molecule has 1 N–H and O–H groups in total. The summed E-state index contributed by atoms with van der Waals surface area (Å²) in [5.41, 5.74) is 3.97. The van der Waals surface area contributed by atoms with Gasteiger partial charge in [-0.2, -0.15) is 5.26 Å². The Balaban J connectivity index is 1.67. The maximum Gasteiger partial charge on any atom is 0.225 e. The molecule has 0 aromatic heterocycles. The molecule has 3 rings (SSSR count). The number of ether oxygens (including phenoxy) is 1. The van der Waals surface area contributed by atoms with E-state index in [9.17, 15) is 10.1 Å². The molecular formula is C22H22N2O2S. The van der Waals surface area contributed by atoms with Crippen LogP contribution >= 0.6 is 11.8 Å². The van der Waals surface area contributed by atoms with Gasteiger partial charge in [0.2, 0.25) is 5.91 Å². The molecule has 0 saturated heterocycles. The van der Waals surface area contributed by atoms with Crippen molar-refractivity contribution in [2.75, 3.05) is 12.4 Å². The molecule has 5 heteroatoms. The quantitative estimate of drug-likeness (QED) is 0.754. The zero-order valence-electron chi connectivity index (χ0n) is 15.5. The van der Waals surface area contributed by atoms with E-state index in [1.54, 1.807) is 0 Å². The molecule has 0 saturated carbocycles. The van der Waals surface area contributed by atoms with Crippen molar-refractivity contribution >= 4 is 17.7 Å². The lowest BCUT2D eigenvalue weighted by molar-refractivity contribution is -0.120. The Labute approximate surface area is 164 Å². The lowest BCUT2D eigenvalue weighted by Crippen LogP contribution is -2.31. The Kier molecular flexibility index (Phi) is 6.20. The van der Waals surface area contributed by atoms with Crippen LogP contribution in [0.2, 0.25) is 0 Å². The summed E-state index contributed by atoms with van der Waals surface area (Å²) in [6.07, 6.45) is 0.301. The number of rotatable bonds is 6. The number of hydrogen-bond acceptors (Lipinski definition) is 4. The molecule has 4 nitrogen and oxygen atoms in total. The van der Waals surface area contributed by atoms with Gasteiger partial charge in [-0.25, -0.2) is 0 Å². The van der Waals surface area contributed by atoms with Gasteiger partial charge in [-0.3, -0.25) is 4.79 Å². The van der Waals surface area contributed by atoms with Gasteiger partial charge in [0.25, 0.3) is 0 Å². The second kappa shape index (κ2) is 8.79. The number of nitrogens with zero attached hydrogens (tertiary/aromatic N) is 1. The number of nitrogens with one attached hydrogen (secondary N) is 1. The summed E-state index contributed by atoms with van der Waals surface area (Å²) in [5, 5.41) is 13.2. The molecule has 1 atom stereocenters. The molecule has 0 unspecified atom stereocenters. The number of hydrogen-bond donors (Lipinski definition) is 1. The molecule has 1 amide bonds. The first kappa shape index (κ1) is 19.1. The molecule has 0 fully saturated rings. The van der Waals surface area contributed by atoms with Gasteiger partial charge in [0.05, 0.1) is 23.3 Å². The standard InChI is InChI=1S/C22H22N2O2S/c1-15-3-7-17(8-4-15)19-13-21(25)24-22(20(19)14-23)27-12-11-26-18-9-5-16(2)6-10-18/h3-10,19H,11-13H2,1-2H3,(H,24,25)/t19-/m1/s1. The van der Waals surface area contributed by atoms with E-state index in [0.29, 0.717) is 29.4 Å². The fourth-order valence-corrected chi connectivity index (χ4v) is 3.85. The fourth-order valence-electron chi connectivity index (χ4n) is 2.95. The van der Waals surface area contributed by atoms with Crippen molar-refractivity contribution in [3.63, 3.8) is 0 Å². The smallest absolute Gasteiger partial charge is 0.225 e. The molecule has 2 aromatic rings. The predicted molar refractivity (Wildman–Crippen MR) is 108 cm³/mol. The zero-order valence-corrected chi connectivity index (χ0v) is 16.3. The van der Waals surface area contributed by atoms with Crippen LogP contribution in [0.15, 0.2) is 59.1 Å². The van der Waals surface area contributed by atoms with Crippen LogP contribution < -0.4 is 10.1 Å². The first-order chi connectivity index (χ1) is 13.1. The van der Waals surface area contributed by atoms with E-state index in [2.05, 4.69) is 11.4 Å². The van der Waals surface area contributed by atoms with Gasteiger partial charge in [0.1, 0.15) is 5.75 Å². The van der Waals surface area contributed by atoms with Gasteiger partial charge in [-0.05, 0) is 31.5 Å². The topological polar surface area (TPSA) is 62.1 Å².